The Morgan fingerprint density at radius 3 is 2.58 bits per heavy atom. The van der Waals surface area contributed by atoms with Gasteiger partial charge in [-0.05, 0) is 53.0 Å². The van der Waals surface area contributed by atoms with Crippen molar-refractivity contribution >= 4 is 38.0 Å². The highest BCUT2D eigenvalue weighted by Gasteiger charge is 2.13. The third kappa shape index (κ3) is 2.59. The number of thiophene rings is 1. The first kappa shape index (κ1) is 12.9. The number of fused-ring (bicyclic) bond motifs is 1. The first-order chi connectivity index (χ1) is 9.28. The molecule has 1 atom stereocenters. The highest BCUT2D eigenvalue weighted by atomic mass is 79.9. The molecule has 0 aliphatic rings. The summed E-state index contributed by atoms with van der Waals surface area (Å²) in [5, 5.41) is 8.06. The zero-order valence-corrected chi connectivity index (χ0v) is 13.0. The Morgan fingerprint density at radius 2 is 1.84 bits per heavy atom. The lowest BCUT2D eigenvalue weighted by atomic mass is 10.0. The van der Waals surface area contributed by atoms with Gasteiger partial charge in [-0.2, -0.15) is 0 Å². The summed E-state index contributed by atoms with van der Waals surface area (Å²) >= 11 is 5.30. The molecule has 0 bridgehead atoms. The van der Waals surface area contributed by atoms with Crippen molar-refractivity contribution in [2.75, 3.05) is 7.05 Å². The molecular weight excluding hydrogens is 318 g/mol. The largest absolute Gasteiger partial charge is 0.309 e. The fraction of sp³-hybridized carbons (Fsp3) is 0.125. The molecule has 2 aromatic carbocycles. The Hall–Kier alpha value is -1.16. The number of hydrogen-bond acceptors (Lipinski definition) is 2. The fourth-order valence-electron chi connectivity index (χ4n) is 2.34. The van der Waals surface area contributed by atoms with Crippen molar-refractivity contribution in [2.45, 2.75) is 6.04 Å². The Bertz CT molecular complexity index is 691. The first-order valence-corrected chi connectivity index (χ1v) is 7.85. The second-order valence-corrected chi connectivity index (χ2v) is 6.38. The highest BCUT2D eigenvalue weighted by molar-refractivity contribution is 9.10. The number of hydrogen-bond donors (Lipinski definition) is 1. The third-order valence-electron chi connectivity index (χ3n) is 3.28. The molecule has 0 spiro atoms. The van der Waals surface area contributed by atoms with E-state index in [0.717, 1.165) is 4.47 Å². The van der Waals surface area contributed by atoms with Gasteiger partial charge in [-0.3, -0.25) is 0 Å². The molecule has 0 aliphatic heterocycles. The van der Waals surface area contributed by atoms with Crippen LogP contribution in [0.3, 0.4) is 0 Å². The van der Waals surface area contributed by atoms with Gasteiger partial charge in [0.1, 0.15) is 0 Å². The van der Waals surface area contributed by atoms with Crippen LogP contribution in [-0.4, -0.2) is 7.05 Å². The van der Waals surface area contributed by atoms with Crippen LogP contribution in [0.5, 0.6) is 0 Å². The molecule has 0 amide bonds. The van der Waals surface area contributed by atoms with Crippen LogP contribution in [0, 0.1) is 0 Å². The SMILES string of the molecule is CNC(c1ccc2cc(Br)ccc2c1)c1cccs1. The number of rotatable bonds is 3. The van der Waals surface area contributed by atoms with Crippen molar-refractivity contribution in [1.82, 2.24) is 5.32 Å². The third-order valence-corrected chi connectivity index (χ3v) is 4.71. The van der Waals surface area contributed by atoms with E-state index in [4.69, 9.17) is 0 Å². The van der Waals surface area contributed by atoms with Crippen LogP contribution in [0.15, 0.2) is 58.4 Å². The van der Waals surface area contributed by atoms with Crippen molar-refractivity contribution < 1.29 is 0 Å². The molecule has 1 unspecified atom stereocenters. The average molecular weight is 332 g/mol. The van der Waals surface area contributed by atoms with E-state index in [2.05, 4.69) is 75.2 Å². The summed E-state index contributed by atoms with van der Waals surface area (Å²) in [4.78, 5) is 1.35. The van der Waals surface area contributed by atoms with Gasteiger partial charge in [0.15, 0.2) is 0 Å². The maximum Gasteiger partial charge on any atom is 0.0668 e. The zero-order chi connectivity index (χ0) is 13.2. The molecule has 96 valence electrons. The van der Waals surface area contributed by atoms with E-state index in [9.17, 15) is 0 Å². The lowest BCUT2D eigenvalue weighted by Gasteiger charge is -2.15. The summed E-state index contributed by atoms with van der Waals surface area (Å²) in [7, 11) is 2.01. The quantitative estimate of drug-likeness (QED) is 0.714. The minimum Gasteiger partial charge on any atom is -0.309 e. The monoisotopic (exact) mass is 331 g/mol. The van der Waals surface area contributed by atoms with Crippen molar-refractivity contribution in [1.29, 1.82) is 0 Å². The topological polar surface area (TPSA) is 12.0 Å². The normalized spacial score (nSPS) is 12.7. The van der Waals surface area contributed by atoms with Gasteiger partial charge in [0, 0.05) is 9.35 Å². The molecular formula is C16H14BrNS. The zero-order valence-electron chi connectivity index (χ0n) is 10.6. The van der Waals surface area contributed by atoms with Crippen molar-refractivity contribution in [3.05, 3.63) is 68.8 Å². The van der Waals surface area contributed by atoms with Crippen LogP contribution in [0.2, 0.25) is 0 Å². The van der Waals surface area contributed by atoms with E-state index >= 15 is 0 Å². The molecule has 0 saturated heterocycles. The Balaban J connectivity index is 2.07. The van der Waals surface area contributed by atoms with Gasteiger partial charge < -0.3 is 5.32 Å². The van der Waals surface area contributed by atoms with Gasteiger partial charge in [-0.15, -0.1) is 11.3 Å². The van der Waals surface area contributed by atoms with Crippen molar-refractivity contribution in [3.63, 3.8) is 0 Å². The van der Waals surface area contributed by atoms with E-state index in [1.54, 1.807) is 11.3 Å². The van der Waals surface area contributed by atoms with E-state index in [0.29, 0.717) is 0 Å². The van der Waals surface area contributed by atoms with Crippen LogP contribution in [0.1, 0.15) is 16.5 Å². The molecule has 1 nitrogen and oxygen atoms in total. The summed E-state index contributed by atoms with van der Waals surface area (Å²) < 4.78 is 1.12. The van der Waals surface area contributed by atoms with Crippen LogP contribution in [0.25, 0.3) is 10.8 Å². The predicted octanol–water partition coefficient (Wildman–Crippen LogP) is 4.97. The molecule has 0 radical (unpaired) electrons. The first-order valence-electron chi connectivity index (χ1n) is 6.18. The number of halogens is 1. The summed E-state index contributed by atoms with van der Waals surface area (Å²) in [5.74, 6) is 0. The fourth-order valence-corrected chi connectivity index (χ4v) is 3.58. The second-order valence-electron chi connectivity index (χ2n) is 4.49. The molecule has 0 saturated carbocycles. The van der Waals surface area contributed by atoms with Gasteiger partial charge in [0.25, 0.3) is 0 Å². The molecule has 1 aromatic heterocycles. The maximum absolute atomic E-state index is 3.51. The van der Waals surface area contributed by atoms with Crippen molar-refractivity contribution in [2.24, 2.45) is 0 Å². The summed E-state index contributed by atoms with van der Waals surface area (Å²) in [5.41, 5.74) is 1.31. The maximum atomic E-state index is 3.51. The van der Waals surface area contributed by atoms with Crippen LogP contribution in [-0.2, 0) is 0 Å². The molecule has 19 heavy (non-hydrogen) atoms. The van der Waals surface area contributed by atoms with Gasteiger partial charge >= 0.3 is 0 Å². The standard InChI is InChI=1S/C16H14BrNS/c1-18-16(15-3-2-8-19-15)13-5-4-12-10-14(17)7-6-11(12)9-13/h2-10,16,18H,1H3. The molecule has 0 fully saturated rings. The average Bonchev–Trinajstić information content (AvgIpc) is 2.93. The molecule has 3 heteroatoms. The predicted molar refractivity (Wildman–Crippen MR) is 86.9 cm³/mol. The molecule has 1 heterocycles. The Labute approximate surface area is 125 Å². The summed E-state index contributed by atoms with van der Waals surface area (Å²) in [6, 6.07) is 17.6. The highest BCUT2D eigenvalue weighted by Crippen LogP contribution is 2.29. The van der Waals surface area contributed by atoms with E-state index in [1.165, 1.54) is 21.2 Å². The lowest BCUT2D eigenvalue weighted by molar-refractivity contribution is 0.705. The smallest absolute Gasteiger partial charge is 0.0668 e. The van der Waals surface area contributed by atoms with Crippen LogP contribution < -0.4 is 5.32 Å². The summed E-state index contributed by atoms with van der Waals surface area (Å²) in [6.07, 6.45) is 0. The van der Waals surface area contributed by atoms with Gasteiger partial charge in [-0.25, -0.2) is 0 Å². The minimum atomic E-state index is 0.271. The van der Waals surface area contributed by atoms with E-state index in [1.807, 2.05) is 7.05 Å². The molecule has 3 rings (SSSR count). The van der Waals surface area contributed by atoms with Crippen LogP contribution >= 0.6 is 27.3 Å². The number of nitrogens with one attached hydrogen (secondary N) is 1. The van der Waals surface area contributed by atoms with Crippen LogP contribution in [0.4, 0.5) is 0 Å². The lowest BCUT2D eigenvalue weighted by Crippen LogP contribution is -2.16. The Kier molecular flexibility index (Phi) is 3.69. The van der Waals surface area contributed by atoms with E-state index in [-0.39, 0.29) is 6.04 Å². The minimum absolute atomic E-state index is 0.271. The Morgan fingerprint density at radius 1 is 1.05 bits per heavy atom. The van der Waals surface area contributed by atoms with E-state index < -0.39 is 0 Å². The molecule has 3 aromatic rings. The number of benzene rings is 2. The summed E-state index contributed by atoms with van der Waals surface area (Å²) in [6.45, 7) is 0. The van der Waals surface area contributed by atoms with Gasteiger partial charge in [0.2, 0.25) is 0 Å². The second kappa shape index (κ2) is 5.45. The van der Waals surface area contributed by atoms with Gasteiger partial charge in [0.05, 0.1) is 6.04 Å². The van der Waals surface area contributed by atoms with Crippen molar-refractivity contribution in [3.8, 4) is 0 Å². The van der Waals surface area contributed by atoms with Gasteiger partial charge in [-0.1, -0.05) is 40.2 Å². The molecule has 1 N–H and O–H groups in total. The molecule has 0 aliphatic carbocycles.